The second-order valence-corrected chi connectivity index (χ2v) is 8.02. The van der Waals surface area contributed by atoms with Gasteiger partial charge < -0.3 is 9.47 Å². The van der Waals surface area contributed by atoms with Crippen LogP contribution in [-0.4, -0.2) is 11.5 Å². The van der Waals surface area contributed by atoms with Crippen molar-refractivity contribution >= 4 is 52.1 Å². The van der Waals surface area contributed by atoms with E-state index in [1.165, 1.54) is 12.1 Å². The Hall–Kier alpha value is -3.24. The number of nitro benzene ring substituents is 1. The lowest BCUT2D eigenvalue weighted by molar-refractivity contribution is -0.384. The molecule has 3 aromatic carbocycles. The van der Waals surface area contributed by atoms with E-state index in [9.17, 15) is 15.4 Å². The normalized spacial score (nSPS) is 11.1. The van der Waals surface area contributed by atoms with Crippen LogP contribution < -0.4 is 9.47 Å². The van der Waals surface area contributed by atoms with Crippen molar-refractivity contribution in [3.8, 4) is 17.6 Å². The monoisotopic (exact) mass is 502 g/mol. The van der Waals surface area contributed by atoms with Gasteiger partial charge in [-0.05, 0) is 60.5 Å². The molecule has 9 heteroatoms. The second kappa shape index (κ2) is 11.1. The first kappa shape index (κ1) is 24.4. The standard InChI is InChI=1S/C24H17Cl3N2O4/c1-2-32-23-11-16(9-17(13-28)20-8-5-18(25)12-21(20)26)10-22(27)24(23)33-14-15-3-6-19(7-4-15)29(30)31/h3-12H,2,14H2,1H3/b17-9+. The lowest BCUT2D eigenvalue weighted by atomic mass is 10.0. The van der Waals surface area contributed by atoms with E-state index in [2.05, 4.69) is 6.07 Å². The molecule has 0 aromatic heterocycles. The van der Waals surface area contributed by atoms with Crippen molar-refractivity contribution in [2.24, 2.45) is 0 Å². The molecule has 0 atom stereocenters. The number of non-ortho nitro benzene ring substituents is 1. The molecule has 3 rings (SSSR count). The summed E-state index contributed by atoms with van der Waals surface area (Å²) in [5.74, 6) is 0.731. The third kappa shape index (κ3) is 6.17. The van der Waals surface area contributed by atoms with Gasteiger partial charge in [0.05, 0.1) is 33.2 Å². The van der Waals surface area contributed by atoms with E-state index in [4.69, 9.17) is 44.3 Å². The van der Waals surface area contributed by atoms with E-state index in [-0.39, 0.29) is 17.3 Å². The second-order valence-electron chi connectivity index (χ2n) is 6.77. The molecule has 0 bridgehead atoms. The highest BCUT2D eigenvalue weighted by Gasteiger charge is 2.14. The lowest BCUT2D eigenvalue weighted by Gasteiger charge is -2.15. The predicted octanol–water partition coefficient (Wildman–Crippen LogP) is 7.60. The van der Waals surface area contributed by atoms with E-state index < -0.39 is 4.92 Å². The highest BCUT2D eigenvalue weighted by molar-refractivity contribution is 6.36. The summed E-state index contributed by atoms with van der Waals surface area (Å²) < 4.78 is 11.6. The molecule has 0 amide bonds. The Balaban J connectivity index is 1.90. The van der Waals surface area contributed by atoms with Gasteiger partial charge in [0.2, 0.25) is 0 Å². The third-order valence-corrected chi connectivity index (χ3v) is 5.34. The van der Waals surface area contributed by atoms with Crippen molar-refractivity contribution in [1.29, 1.82) is 5.26 Å². The maximum absolute atomic E-state index is 10.8. The number of allylic oxidation sites excluding steroid dienone is 1. The first-order chi connectivity index (χ1) is 15.8. The first-order valence-electron chi connectivity index (χ1n) is 9.72. The maximum atomic E-state index is 10.8. The predicted molar refractivity (Wildman–Crippen MR) is 130 cm³/mol. The fourth-order valence-electron chi connectivity index (χ4n) is 2.99. The van der Waals surface area contributed by atoms with Gasteiger partial charge in [-0.15, -0.1) is 0 Å². The summed E-state index contributed by atoms with van der Waals surface area (Å²) in [6.07, 6.45) is 1.64. The zero-order valence-corrected chi connectivity index (χ0v) is 19.6. The van der Waals surface area contributed by atoms with Gasteiger partial charge in [-0.3, -0.25) is 10.1 Å². The number of rotatable bonds is 8. The molecule has 6 nitrogen and oxygen atoms in total. The topological polar surface area (TPSA) is 85.4 Å². The number of hydrogen-bond acceptors (Lipinski definition) is 5. The molecule has 0 aliphatic heterocycles. The van der Waals surface area contributed by atoms with Crippen LogP contribution in [0.1, 0.15) is 23.6 Å². The lowest BCUT2D eigenvalue weighted by Crippen LogP contribution is -2.01. The fraction of sp³-hybridized carbons (Fsp3) is 0.125. The van der Waals surface area contributed by atoms with Crippen molar-refractivity contribution in [2.75, 3.05) is 6.61 Å². The van der Waals surface area contributed by atoms with Crippen LogP contribution in [0.25, 0.3) is 11.6 Å². The molecule has 3 aromatic rings. The number of nitriles is 1. The molecule has 0 unspecified atom stereocenters. The fourth-order valence-corrected chi connectivity index (χ4v) is 3.77. The number of hydrogen-bond donors (Lipinski definition) is 0. The molecule has 0 N–H and O–H groups in total. The van der Waals surface area contributed by atoms with Crippen molar-refractivity contribution in [2.45, 2.75) is 13.5 Å². The number of nitrogens with zero attached hydrogens (tertiary/aromatic N) is 2. The highest BCUT2D eigenvalue weighted by Crippen LogP contribution is 2.38. The van der Waals surface area contributed by atoms with Crippen molar-refractivity contribution < 1.29 is 14.4 Å². The molecule has 0 aliphatic carbocycles. The Kier molecular flexibility index (Phi) is 8.18. The molecule has 0 fully saturated rings. The molecular formula is C24H17Cl3N2O4. The van der Waals surface area contributed by atoms with Gasteiger partial charge in [0, 0.05) is 22.7 Å². The van der Waals surface area contributed by atoms with Crippen LogP contribution in [0, 0.1) is 21.4 Å². The van der Waals surface area contributed by atoms with Gasteiger partial charge in [-0.1, -0.05) is 40.9 Å². The van der Waals surface area contributed by atoms with Crippen LogP contribution in [0.5, 0.6) is 11.5 Å². The first-order valence-corrected chi connectivity index (χ1v) is 10.9. The number of benzene rings is 3. The molecule has 0 radical (unpaired) electrons. The summed E-state index contributed by atoms with van der Waals surface area (Å²) in [6, 6.07) is 16.4. The van der Waals surface area contributed by atoms with Gasteiger partial charge >= 0.3 is 0 Å². The molecule has 0 aliphatic rings. The number of nitro groups is 1. The van der Waals surface area contributed by atoms with E-state index in [0.717, 1.165) is 5.56 Å². The largest absolute Gasteiger partial charge is 0.490 e. The summed E-state index contributed by atoms with van der Waals surface area (Å²) in [7, 11) is 0. The van der Waals surface area contributed by atoms with Crippen LogP contribution >= 0.6 is 34.8 Å². The molecule has 0 spiro atoms. The van der Waals surface area contributed by atoms with Crippen molar-refractivity contribution in [3.05, 3.63) is 96.5 Å². The third-order valence-electron chi connectivity index (χ3n) is 4.51. The Morgan fingerprint density at radius 1 is 1.06 bits per heavy atom. The van der Waals surface area contributed by atoms with Gasteiger partial charge in [-0.25, -0.2) is 0 Å². The number of halogens is 3. The summed E-state index contributed by atoms with van der Waals surface area (Å²) in [5, 5.41) is 21.6. The van der Waals surface area contributed by atoms with Gasteiger partial charge in [-0.2, -0.15) is 5.26 Å². The van der Waals surface area contributed by atoms with E-state index in [1.807, 2.05) is 6.92 Å². The van der Waals surface area contributed by atoms with Crippen LogP contribution in [-0.2, 0) is 6.61 Å². The molecule has 168 valence electrons. The summed E-state index contributed by atoms with van der Waals surface area (Å²) in [4.78, 5) is 10.3. The molecule has 0 heterocycles. The zero-order chi connectivity index (χ0) is 24.0. The van der Waals surface area contributed by atoms with E-state index in [0.29, 0.717) is 44.9 Å². The Bertz CT molecular complexity index is 1250. The zero-order valence-electron chi connectivity index (χ0n) is 17.3. The molecule has 33 heavy (non-hydrogen) atoms. The average Bonchev–Trinajstić information content (AvgIpc) is 2.78. The Morgan fingerprint density at radius 3 is 2.39 bits per heavy atom. The van der Waals surface area contributed by atoms with Gasteiger partial charge in [0.15, 0.2) is 11.5 Å². The van der Waals surface area contributed by atoms with Crippen LogP contribution in [0.2, 0.25) is 15.1 Å². The summed E-state index contributed by atoms with van der Waals surface area (Å²) in [6.45, 7) is 2.33. The van der Waals surface area contributed by atoms with E-state index >= 15 is 0 Å². The summed E-state index contributed by atoms with van der Waals surface area (Å²) >= 11 is 18.7. The van der Waals surface area contributed by atoms with Crippen molar-refractivity contribution in [3.63, 3.8) is 0 Å². The smallest absolute Gasteiger partial charge is 0.269 e. The quantitative estimate of drug-likeness (QED) is 0.137. The maximum Gasteiger partial charge on any atom is 0.269 e. The Morgan fingerprint density at radius 2 is 1.79 bits per heavy atom. The molecule has 0 saturated carbocycles. The minimum Gasteiger partial charge on any atom is -0.490 e. The number of ether oxygens (including phenoxy) is 2. The SMILES string of the molecule is CCOc1cc(/C=C(\C#N)c2ccc(Cl)cc2Cl)cc(Cl)c1OCc1ccc([N+](=O)[O-])cc1. The molecular weight excluding hydrogens is 487 g/mol. The molecule has 0 saturated heterocycles. The van der Waals surface area contributed by atoms with Crippen LogP contribution in [0.4, 0.5) is 5.69 Å². The van der Waals surface area contributed by atoms with Gasteiger partial charge in [0.1, 0.15) is 6.61 Å². The highest BCUT2D eigenvalue weighted by atomic mass is 35.5. The van der Waals surface area contributed by atoms with Crippen molar-refractivity contribution in [1.82, 2.24) is 0 Å². The van der Waals surface area contributed by atoms with Crippen LogP contribution in [0.15, 0.2) is 54.6 Å². The minimum atomic E-state index is -0.465. The van der Waals surface area contributed by atoms with Crippen LogP contribution in [0.3, 0.4) is 0 Å². The average molecular weight is 504 g/mol. The Labute approximate surface area is 205 Å². The summed E-state index contributed by atoms with van der Waals surface area (Å²) in [5.41, 5.74) is 2.21. The van der Waals surface area contributed by atoms with Gasteiger partial charge in [0.25, 0.3) is 5.69 Å². The minimum absolute atomic E-state index is 0.00276. The van der Waals surface area contributed by atoms with E-state index in [1.54, 1.807) is 48.5 Å².